The molecule has 0 bridgehead atoms. The average Bonchev–Trinajstić information content (AvgIpc) is 2.34. The van der Waals surface area contributed by atoms with Crippen LogP contribution in [-0.2, 0) is 14.8 Å². The monoisotopic (exact) mass is 302 g/mol. The molecule has 112 valence electrons. The molecule has 1 N–H and O–H groups in total. The third-order valence-electron chi connectivity index (χ3n) is 2.96. The minimum absolute atomic E-state index is 0.0286. The summed E-state index contributed by atoms with van der Waals surface area (Å²) in [5.74, 6) is -1.90. The Hall–Kier alpha value is -0.830. The van der Waals surface area contributed by atoms with Crippen LogP contribution >= 0.6 is 0 Å². The van der Waals surface area contributed by atoms with Crippen LogP contribution in [0.4, 0.5) is 13.2 Å². The first-order valence-electron chi connectivity index (χ1n) is 6.03. The molecular formula is C10H17F3N2O3S. The van der Waals surface area contributed by atoms with E-state index in [1.54, 1.807) is 0 Å². The lowest BCUT2D eigenvalue weighted by Gasteiger charge is -2.32. The van der Waals surface area contributed by atoms with Gasteiger partial charge in [0.25, 0.3) is 0 Å². The van der Waals surface area contributed by atoms with Crippen LogP contribution in [0.2, 0.25) is 0 Å². The second-order valence-corrected chi connectivity index (χ2v) is 6.47. The Morgan fingerprint density at radius 3 is 2.26 bits per heavy atom. The molecule has 9 heteroatoms. The van der Waals surface area contributed by atoms with Gasteiger partial charge in [-0.25, -0.2) is 13.1 Å². The number of piperidine rings is 1. The average molecular weight is 302 g/mol. The van der Waals surface area contributed by atoms with Crippen molar-refractivity contribution in [1.82, 2.24) is 9.62 Å². The molecule has 1 aliphatic heterocycles. The summed E-state index contributed by atoms with van der Waals surface area (Å²) in [5, 5.41) is -0.726. The molecule has 1 amide bonds. The minimum atomic E-state index is -4.90. The SMILES string of the molecule is CCCNS(=O)(=O)C1CCN(C(=O)C(F)(F)F)CC1. The summed E-state index contributed by atoms with van der Waals surface area (Å²) < 4.78 is 62.6. The van der Waals surface area contributed by atoms with Gasteiger partial charge in [0, 0.05) is 19.6 Å². The molecule has 1 heterocycles. The maximum absolute atomic E-state index is 12.2. The molecule has 0 unspecified atom stereocenters. The van der Waals surface area contributed by atoms with Gasteiger partial charge in [-0.15, -0.1) is 0 Å². The largest absolute Gasteiger partial charge is 0.471 e. The summed E-state index contributed by atoms with van der Waals surface area (Å²) in [4.78, 5) is 11.6. The van der Waals surface area contributed by atoms with Gasteiger partial charge < -0.3 is 4.90 Å². The van der Waals surface area contributed by atoms with Crippen molar-refractivity contribution >= 4 is 15.9 Å². The van der Waals surface area contributed by atoms with Gasteiger partial charge in [-0.1, -0.05) is 6.92 Å². The number of nitrogens with one attached hydrogen (secondary N) is 1. The van der Waals surface area contributed by atoms with E-state index >= 15 is 0 Å². The highest BCUT2D eigenvalue weighted by Gasteiger charge is 2.44. The molecule has 19 heavy (non-hydrogen) atoms. The Bertz CT molecular complexity index is 414. The zero-order valence-electron chi connectivity index (χ0n) is 10.5. The van der Waals surface area contributed by atoms with Crippen LogP contribution in [0.15, 0.2) is 0 Å². The van der Waals surface area contributed by atoms with E-state index in [4.69, 9.17) is 0 Å². The van der Waals surface area contributed by atoms with E-state index in [1.807, 2.05) is 6.92 Å². The molecule has 0 aromatic heterocycles. The second kappa shape index (κ2) is 6.08. The molecule has 0 aromatic carbocycles. The predicted octanol–water partition coefficient (Wildman–Crippen LogP) is 0.869. The number of nitrogens with zero attached hydrogens (tertiary/aromatic N) is 1. The lowest BCUT2D eigenvalue weighted by molar-refractivity contribution is -0.186. The van der Waals surface area contributed by atoms with E-state index in [2.05, 4.69) is 4.72 Å². The molecule has 5 nitrogen and oxygen atoms in total. The number of halogens is 3. The summed E-state index contributed by atoms with van der Waals surface area (Å²) in [6.45, 7) is 1.75. The zero-order valence-corrected chi connectivity index (χ0v) is 11.4. The maximum atomic E-state index is 12.2. The van der Waals surface area contributed by atoms with Gasteiger partial charge in [0.05, 0.1) is 5.25 Å². The van der Waals surface area contributed by atoms with Crippen molar-refractivity contribution in [2.75, 3.05) is 19.6 Å². The number of likely N-dealkylation sites (tertiary alicyclic amines) is 1. The number of hydrogen-bond acceptors (Lipinski definition) is 3. The van der Waals surface area contributed by atoms with Crippen LogP contribution in [0.25, 0.3) is 0 Å². The summed E-state index contributed by atoms with van der Waals surface area (Å²) in [7, 11) is -3.50. The highest BCUT2D eigenvalue weighted by molar-refractivity contribution is 7.90. The fourth-order valence-electron chi connectivity index (χ4n) is 1.91. The van der Waals surface area contributed by atoms with Crippen molar-refractivity contribution in [3.8, 4) is 0 Å². The normalized spacial score (nSPS) is 18.6. The Morgan fingerprint density at radius 2 is 1.84 bits per heavy atom. The highest BCUT2D eigenvalue weighted by atomic mass is 32.2. The first-order chi connectivity index (χ1) is 8.68. The number of hydrogen-bond donors (Lipinski definition) is 1. The first-order valence-corrected chi connectivity index (χ1v) is 7.57. The maximum Gasteiger partial charge on any atom is 0.471 e. The fraction of sp³-hybridized carbons (Fsp3) is 0.900. The van der Waals surface area contributed by atoms with E-state index in [0.717, 1.165) is 0 Å². The third kappa shape index (κ3) is 4.34. The smallest absolute Gasteiger partial charge is 0.335 e. The Labute approximate surface area is 110 Å². The van der Waals surface area contributed by atoms with Crippen molar-refractivity contribution in [2.24, 2.45) is 0 Å². The van der Waals surface area contributed by atoms with Crippen molar-refractivity contribution in [3.63, 3.8) is 0 Å². The molecular weight excluding hydrogens is 285 g/mol. The summed E-state index contributed by atoms with van der Waals surface area (Å²) in [5.41, 5.74) is 0. The van der Waals surface area contributed by atoms with Crippen molar-refractivity contribution in [3.05, 3.63) is 0 Å². The lowest BCUT2D eigenvalue weighted by atomic mass is 10.1. The summed E-state index contributed by atoms with van der Waals surface area (Å²) >= 11 is 0. The Balaban J connectivity index is 2.56. The quantitative estimate of drug-likeness (QED) is 0.838. The fourth-order valence-corrected chi connectivity index (χ4v) is 3.47. The number of alkyl halides is 3. The molecule has 0 saturated carbocycles. The van der Waals surface area contributed by atoms with Crippen LogP contribution < -0.4 is 4.72 Å². The first kappa shape index (κ1) is 16.2. The third-order valence-corrected chi connectivity index (χ3v) is 4.92. The molecule has 0 atom stereocenters. The van der Waals surface area contributed by atoms with Gasteiger partial charge in [0.15, 0.2) is 0 Å². The summed E-state index contributed by atoms with van der Waals surface area (Å²) in [6.07, 6.45) is -4.20. The lowest BCUT2D eigenvalue weighted by Crippen LogP contribution is -2.49. The van der Waals surface area contributed by atoms with Crippen LogP contribution in [0.3, 0.4) is 0 Å². The van der Waals surface area contributed by atoms with E-state index < -0.39 is 27.4 Å². The second-order valence-electron chi connectivity index (χ2n) is 4.43. The Morgan fingerprint density at radius 1 is 1.32 bits per heavy atom. The number of carbonyl (C=O) groups is 1. The van der Waals surface area contributed by atoms with E-state index in [1.165, 1.54) is 0 Å². The van der Waals surface area contributed by atoms with Crippen LogP contribution in [0, 0.1) is 0 Å². The number of rotatable bonds is 4. The van der Waals surface area contributed by atoms with Gasteiger partial charge in [-0.2, -0.15) is 13.2 Å². The number of amides is 1. The highest BCUT2D eigenvalue weighted by Crippen LogP contribution is 2.23. The number of carbonyl (C=O) groups excluding carboxylic acids is 1. The van der Waals surface area contributed by atoms with Crippen molar-refractivity contribution in [2.45, 2.75) is 37.6 Å². The summed E-state index contributed by atoms with van der Waals surface area (Å²) in [6, 6.07) is 0. The molecule has 1 fully saturated rings. The van der Waals surface area contributed by atoms with Gasteiger partial charge in [-0.05, 0) is 19.3 Å². The number of sulfonamides is 1. The van der Waals surface area contributed by atoms with Gasteiger partial charge >= 0.3 is 12.1 Å². The van der Waals surface area contributed by atoms with Gasteiger partial charge in [0.2, 0.25) is 10.0 Å². The van der Waals surface area contributed by atoms with Gasteiger partial charge in [-0.3, -0.25) is 4.79 Å². The van der Waals surface area contributed by atoms with E-state index in [-0.39, 0.29) is 25.9 Å². The van der Waals surface area contributed by atoms with Crippen molar-refractivity contribution in [1.29, 1.82) is 0 Å². The van der Waals surface area contributed by atoms with Gasteiger partial charge in [0.1, 0.15) is 0 Å². The molecule has 1 saturated heterocycles. The minimum Gasteiger partial charge on any atom is -0.335 e. The van der Waals surface area contributed by atoms with Crippen LogP contribution in [0.5, 0.6) is 0 Å². The van der Waals surface area contributed by atoms with E-state index in [0.29, 0.717) is 17.9 Å². The van der Waals surface area contributed by atoms with Crippen molar-refractivity contribution < 1.29 is 26.4 Å². The zero-order chi connectivity index (χ0) is 14.7. The molecule has 0 radical (unpaired) electrons. The predicted molar refractivity (Wildman–Crippen MR) is 62.9 cm³/mol. The molecule has 1 aliphatic rings. The topological polar surface area (TPSA) is 66.5 Å². The molecule has 0 aromatic rings. The van der Waals surface area contributed by atoms with E-state index in [9.17, 15) is 26.4 Å². The Kier molecular flexibility index (Phi) is 5.19. The molecule has 0 aliphatic carbocycles. The van der Waals surface area contributed by atoms with Crippen LogP contribution in [0.1, 0.15) is 26.2 Å². The van der Waals surface area contributed by atoms with Crippen LogP contribution in [-0.4, -0.2) is 50.3 Å². The standard InChI is InChI=1S/C10H17F3N2O3S/c1-2-5-14-19(17,18)8-3-6-15(7-4-8)9(16)10(11,12)13/h8,14H,2-7H2,1H3. The molecule has 0 spiro atoms. The molecule has 1 rings (SSSR count).